The summed E-state index contributed by atoms with van der Waals surface area (Å²) in [6.07, 6.45) is 3.34. The Morgan fingerprint density at radius 3 is 3.38 bits per heavy atom. The van der Waals surface area contributed by atoms with Gasteiger partial charge in [-0.15, -0.1) is 11.3 Å². The maximum atomic E-state index is 11.3. The lowest BCUT2D eigenvalue weighted by Gasteiger charge is -1.96. The van der Waals surface area contributed by atoms with Crippen LogP contribution in [0.2, 0.25) is 0 Å². The number of ether oxygens (including phenoxy) is 1. The molecule has 0 bridgehead atoms. The Kier molecular flexibility index (Phi) is 2.02. The summed E-state index contributed by atoms with van der Waals surface area (Å²) >= 11 is 1.47. The fourth-order valence-electron chi connectivity index (χ4n) is 1.08. The van der Waals surface area contributed by atoms with Gasteiger partial charge in [-0.05, 0) is 6.92 Å². The molecular formula is C8H8N2O2S. The third-order valence-electron chi connectivity index (χ3n) is 1.63. The summed E-state index contributed by atoms with van der Waals surface area (Å²) < 4.78 is 6.54. The highest BCUT2D eigenvalue weighted by Crippen LogP contribution is 2.17. The molecule has 68 valence electrons. The number of rotatable bonds is 2. The molecule has 4 nitrogen and oxygen atoms in total. The lowest BCUT2D eigenvalue weighted by Crippen LogP contribution is -2.03. The molecule has 0 fully saturated rings. The molecule has 13 heavy (non-hydrogen) atoms. The Balaban J connectivity index is 2.42. The minimum Gasteiger partial charge on any atom is -0.462 e. The van der Waals surface area contributed by atoms with Gasteiger partial charge in [-0.2, -0.15) is 5.10 Å². The molecule has 0 radical (unpaired) electrons. The van der Waals surface area contributed by atoms with Gasteiger partial charge in [-0.25, -0.2) is 9.31 Å². The van der Waals surface area contributed by atoms with Crippen LogP contribution in [-0.4, -0.2) is 22.2 Å². The summed E-state index contributed by atoms with van der Waals surface area (Å²) in [5.74, 6) is -0.306. The monoisotopic (exact) mass is 196 g/mol. The van der Waals surface area contributed by atoms with Crippen molar-refractivity contribution in [2.75, 3.05) is 6.61 Å². The topological polar surface area (TPSA) is 43.6 Å². The number of nitrogens with zero attached hydrogens (tertiary/aromatic N) is 2. The predicted molar refractivity (Wildman–Crippen MR) is 49.0 cm³/mol. The van der Waals surface area contributed by atoms with Gasteiger partial charge in [0.25, 0.3) is 0 Å². The van der Waals surface area contributed by atoms with Gasteiger partial charge < -0.3 is 4.74 Å². The highest BCUT2D eigenvalue weighted by Gasteiger charge is 2.13. The highest BCUT2D eigenvalue weighted by molar-refractivity contribution is 7.15. The average molecular weight is 196 g/mol. The number of carbonyl (C=O) groups excluding carboxylic acids is 1. The molecule has 0 amide bonds. The summed E-state index contributed by atoms with van der Waals surface area (Å²) in [6, 6.07) is 0. The second-order valence-electron chi connectivity index (χ2n) is 2.43. The van der Waals surface area contributed by atoms with E-state index in [-0.39, 0.29) is 5.97 Å². The van der Waals surface area contributed by atoms with Crippen LogP contribution in [0.1, 0.15) is 17.3 Å². The molecule has 5 heteroatoms. The van der Waals surface area contributed by atoms with Crippen LogP contribution in [0.5, 0.6) is 0 Å². The van der Waals surface area contributed by atoms with Crippen molar-refractivity contribution in [3.8, 4) is 0 Å². The molecule has 0 spiro atoms. The van der Waals surface area contributed by atoms with Crippen molar-refractivity contribution < 1.29 is 9.53 Å². The van der Waals surface area contributed by atoms with Crippen LogP contribution in [-0.2, 0) is 4.74 Å². The van der Waals surface area contributed by atoms with Gasteiger partial charge in [0, 0.05) is 11.6 Å². The molecule has 2 aromatic heterocycles. The first kappa shape index (κ1) is 8.25. The third-order valence-corrected chi connectivity index (χ3v) is 2.51. The normalized spacial score (nSPS) is 10.5. The molecule has 0 N–H and O–H groups in total. The van der Waals surface area contributed by atoms with Crippen LogP contribution in [0.15, 0.2) is 17.8 Å². The van der Waals surface area contributed by atoms with E-state index in [1.165, 1.54) is 17.5 Å². The van der Waals surface area contributed by atoms with Crippen molar-refractivity contribution in [3.63, 3.8) is 0 Å². The lowest BCUT2D eigenvalue weighted by atomic mass is 10.4. The molecule has 0 saturated heterocycles. The first-order valence-electron chi connectivity index (χ1n) is 3.91. The predicted octanol–water partition coefficient (Wildman–Crippen LogP) is 1.57. The first-order chi connectivity index (χ1) is 6.33. The zero-order chi connectivity index (χ0) is 9.26. The molecular weight excluding hydrogens is 188 g/mol. The van der Waals surface area contributed by atoms with Gasteiger partial charge >= 0.3 is 5.97 Å². The zero-order valence-electron chi connectivity index (χ0n) is 7.06. The van der Waals surface area contributed by atoms with Crippen LogP contribution in [0.4, 0.5) is 0 Å². The maximum Gasteiger partial charge on any atom is 0.342 e. The Bertz CT molecular complexity index is 432. The van der Waals surface area contributed by atoms with Gasteiger partial charge in [0.15, 0.2) is 0 Å². The minimum atomic E-state index is -0.306. The highest BCUT2D eigenvalue weighted by atomic mass is 32.1. The summed E-state index contributed by atoms with van der Waals surface area (Å²) in [7, 11) is 0. The summed E-state index contributed by atoms with van der Waals surface area (Å²) in [4.78, 5) is 12.2. The van der Waals surface area contributed by atoms with Gasteiger partial charge in [-0.1, -0.05) is 0 Å². The molecule has 0 aliphatic heterocycles. The third kappa shape index (κ3) is 1.31. The van der Waals surface area contributed by atoms with Gasteiger partial charge in [0.2, 0.25) is 0 Å². The summed E-state index contributed by atoms with van der Waals surface area (Å²) in [5.41, 5.74) is 0.539. The number of hydrogen-bond donors (Lipinski definition) is 0. The molecule has 0 aliphatic carbocycles. The van der Waals surface area contributed by atoms with E-state index in [4.69, 9.17) is 4.74 Å². The van der Waals surface area contributed by atoms with Crippen LogP contribution in [0.25, 0.3) is 4.83 Å². The molecule has 0 saturated carbocycles. The Hall–Kier alpha value is -1.36. The van der Waals surface area contributed by atoms with Crippen molar-refractivity contribution in [1.82, 2.24) is 9.61 Å². The fraction of sp³-hybridized carbons (Fsp3) is 0.250. The van der Waals surface area contributed by atoms with Crippen LogP contribution >= 0.6 is 11.3 Å². The molecule has 2 heterocycles. The largest absolute Gasteiger partial charge is 0.462 e. The van der Waals surface area contributed by atoms with Crippen LogP contribution < -0.4 is 0 Å². The van der Waals surface area contributed by atoms with Crippen molar-refractivity contribution >= 4 is 22.1 Å². The Morgan fingerprint density at radius 1 is 1.77 bits per heavy atom. The molecule has 0 aliphatic rings. The fourth-order valence-corrected chi connectivity index (χ4v) is 1.86. The average Bonchev–Trinajstić information content (AvgIpc) is 2.62. The van der Waals surface area contributed by atoms with E-state index in [0.717, 1.165) is 4.83 Å². The second kappa shape index (κ2) is 3.18. The van der Waals surface area contributed by atoms with E-state index >= 15 is 0 Å². The zero-order valence-corrected chi connectivity index (χ0v) is 7.87. The van der Waals surface area contributed by atoms with Crippen molar-refractivity contribution in [1.29, 1.82) is 0 Å². The van der Waals surface area contributed by atoms with Crippen LogP contribution in [0.3, 0.4) is 0 Å². The second-order valence-corrected chi connectivity index (χ2v) is 3.33. The van der Waals surface area contributed by atoms with Crippen LogP contribution in [0, 0.1) is 0 Å². The smallest absolute Gasteiger partial charge is 0.342 e. The minimum absolute atomic E-state index is 0.306. The van der Waals surface area contributed by atoms with Gasteiger partial charge in [0.05, 0.1) is 12.8 Å². The number of aromatic nitrogens is 2. The number of carbonyl (C=O) groups is 1. The van der Waals surface area contributed by atoms with E-state index in [0.29, 0.717) is 12.2 Å². The van der Waals surface area contributed by atoms with Crippen molar-refractivity contribution in [2.24, 2.45) is 0 Å². The number of fused-ring (bicyclic) bond motifs is 1. The standard InChI is InChI=1S/C8H8N2O2S/c1-2-12-8(11)6-5-9-10-3-4-13-7(6)10/h3-5H,2H2,1H3. The molecule has 0 atom stereocenters. The molecule has 2 aromatic rings. The molecule has 0 aromatic carbocycles. The summed E-state index contributed by atoms with van der Waals surface area (Å²) in [5, 5.41) is 5.89. The van der Waals surface area contributed by atoms with E-state index in [2.05, 4.69) is 5.10 Å². The van der Waals surface area contributed by atoms with E-state index < -0.39 is 0 Å². The number of esters is 1. The quantitative estimate of drug-likeness (QED) is 0.685. The number of hydrogen-bond acceptors (Lipinski definition) is 4. The van der Waals surface area contributed by atoms with Gasteiger partial charge in [-0.3, -0.25) is 0 Å². The van der Waals surface area contributed by atoms with E-state index in [1.807, 2.05) is 11.6 Å². The maximum absolute atomic E-state index is 11.3. The van der Waals surface area contributed by atoms with E-state index in [9.17, 15) is 4.79 Å². The van der Waals surface area contributed by atoms with Crippen molar-refractivity contribution in [3.05, 3.63) is 23.3 Å². The van der Waals surface area contributed by atoms with Crippen molar-refractivity contribution in [2.45, 2.75) is 6.92 Å². The Labute approximate surface area is 78.7 Å². The number of thiazole rings is 1. The Morgan fingerprint density at radius 2 is 2.62 bits per heavy atom. The van der Waals surface area contributed by atoms with E-state index in [1.54, 1.807) is 11.4 Å². The first-order valence-corrected chi connectivity index (χ1v) is 4.79. The lowest BCUT2D eigenvalue weighted by molar-refractivity contribution is 0.0529. The van der Waals surface area contributed by atoms with Gasteiger partial charge in [0.1, 0.15) is 10.4 Å². The summed E-state index contributed by atoms with van der Waals surface area (Å²) in [6.45, 7) is 2.18. The molecule has 2 rings (SSSR count). The molecule has 0 unspecified atom stereocenters. The SMILES string of the molecule is CCOC(=O)c1cnn2ccsc12.